The molecule has 1 fully saturated rings. The van der Waals surface area contributed by atoms with Crippen molar-refractivity contribution in [2.75, 3.05) is 31.1 Å². The number of halogens is 3. The van der Waals surface area contributed by atoms with E-state index in [0.29, 0.717) is 62.4 Å². The first-order chi connectivity index (χ1) is 18.4. The van der Waals surface area contributed by atoms with Crippen molar-refractivity contribution < 1.29 is 18.0 Å². The van der Waals surface area contributed by atoms with Crippen molar-refractivity contribution in [1.29, 1.82) is 0 Å². The molecule has 4 aromatic rings. The lowest BCUT2D eigenvalue weighted by Gasteiger charge is -2.36. The molecule has 0 N–H and O–H groups in total. The lowest BCUT2D eigenvalue weighted by Crippen LogP contribution is -2.48. The highest BCUT2D eigenvalue weighted by Crippen LogP contribution is 2.26. The molecule has 0 saturated carbocycles. The molecule has 3 aromatic carbocycles. The normalized spacial score (nSPS) is 13.8. The van der Waals surface area contributed by atoms with Gasteiger partial charge in [0, 0.05) is 39.3 Å². The SMILES string of the molecule is O=C(c1ccc(CN(Cc2ccc(F)cc2)Cc2cccc(F)c2)o1)N1CCN(c2ccccc2Cl)CC1. The van der Waals surface area contributed by atoms with E-state index in [4.69, 9.17) is 16.0 Å². The zero-order valence-corrected chi connectivity index (χ0v) is 21.6. The molecule has 1 saturated heterocycles. The van der Waals surface area contributed by atoms with Crippen LogP contribution in [0.5, 0.6) is 0 Å². The van der Waals surface area contributed by atoms with E-state index >= 15 is 0 Å². The highest BCUT2D eigenvalue weighted by atomic mass is 35.5. The number of anilines is 1. The molecule has 5 rings (SSSR count). The van der Waals surface area contributed by atoms with Gasteiger partial charge in [-0.1, -0.05) is 48.0 Å². The number of nitrogens with zero attached hydrogens (tertiary/aromatic N) is 3. The van der Waals surface area contributed by atoms with E-state index in [0.717, 1.165) is 16.8 Å². The van der Waals surface area contributed by atoms with Crippen LogP contribution in [0.15, 0.2) is 89.3 Å². The van der Waals surface area contributed by atoms with Gasteiger partial charge < -0.3 is 14.2 Å². The van der Waals surface area contributed by atoms with Gasteiger partial charge >= 0.3 is 0 Å². The molecule has 0 aliphatic carbocycles. The van der Waals surface area contributed by atoms with Crippen molar-refractivity contribution >= 4 is 23.2 Å². The molecule has 38 heavy (non-hydrogen) atoms. The first-order valence-electron chi connectivity index (χ1n) is 12.5. The van der Waals surface area contributed by atoms with E-state index in [1.807, 2.05) is 30.3 Å². The summed E-state index contributed by atoms with van der Waals surface area (Å²) in [6, 6.07) is 24.0. The second-order valence-electron chi connectivity index (χ2n) is 9.40. The van der Waals surface area contributed by atoms with Crippen molar-refractivity contribution in [2.45, 2.75) is 19.6 Å². The molecule has 1 aliphatic rings. The predicted molar refractivity (Wildman–Crippen MR) is 144 cm³/mol. The first kappa shape index (κ1) is 25.9. The van der Waals surface area contributed by atoms with E-state index in [9.17, 15) is 13.6 Å². The maximum atomic E-state index is 13.8. The Bertz CT molecular complexity index is 1380. The molecule has 0 radical (unpaired) electrons. The quantitative estimate of drug-likeness (QED) is 0.263. The smallest absolute Gasteiger partial charge is 0.289 e. The molecule has 196 valence electrons. The summed E-state index contributed by atoms with van der Waals surface area (Å²) in [5.74, 6) is 0.169. The van der Waals surface area contributed by atoms with Gasteiger partial charge in [-0.15, -0.1) is 0 Å². The number of carbonyl (C=O) groups excluding carboxylic acids is 1. The maximum absolute atomic E-state index is 13.8. The highest BCUT2D eigenvalue weighted by molar-refractivity contribution is 6.33. The fraction of sp³-hybridized carbons (Fsp3) is 0.233. The summed E-state index contributed by atoms with van der Waals surface area (Å²) in [6.45, 7) is 3.87. The topological polar surface area (TPSA) is 39.9 Å². The number of hydrogen-bond acceptors (Lipinski definition) is 4. The summed E-state index contributed by atoms with van der Waals surface area (Å²) >= 11 is 6.34. The van der Waals surface area contributed by atoms with Gasteiger partial charge in [-0.25, -0.2) is 8.78 Å². The van der Waals surface area contributed by atoms with Crippen LogP contribution in [0.25, 0.3) is 0 Å². The number of piperazine rings is 1. The van der Waals surface area contributed by atoms with Gasteiger partial charge in [0.25, 0.3) is 5.91 Å². The number of benzene rings is 3. The standard InChI is InChI=1S/C30H28ClF2N3O2/c31-27-6-1-2-7-28(27)35-14-16-36(17-15-35)30(37)29-13-12-26(38-29)21-34(19-22-8-10-24(32)11-9-22)20-23-4-3-5-25(33)18-23/h1-13,18H,14-17,19-21H2. The fourth-order valence-corrected chi connectivity index (χ4v) is 4.98. The largest absolute Gasteiger partial charge is 0.455 e. The number of para-hydroxylation sites is 1. The molecule has 1 aliphatic heterocycles. The van der Waals surface area contributed by atoms with Crippen LogP contribution < -0.4 is 4.90 Å². The predicted octanol–water partition coefficient (Wildman–Crippen LogP) is 6.38. The second kappa shape index (κ2) is 11.8. The molecule has 0 spiro atoms. The molecular weight excluding hydrogens is 508 g/mol. The van der Waals surface area contributed by atoms with Crippen LogP contribution in [0, 0.1) is 11.6 Å². The van der Waals surface area contributed by atoms with Crippen LogP contribution in [0.3, 0.4) is 0 Å². The molecule has 0 unspecified atom stereocenters. The average Bonchev–Trinajstić information content (AvgIpc) is 3.38. The van der Waals surface area contributed by atoms with Crippen molar-refractivity contribution in [2.24, 2.45) is 0 Å². The Morgan fingerprint density at radius 3 is 2.26 bits per heavy atom. The van der Waals surface area contributed by atoms with E-state index in [1.165, 1.54) is 24.3 Å². The Hall–Kier alpha value is -3.68. The second-order valence-corrected chi connectivity index (χ2v) is 9.81. The molecule has 2 heterocycles. The van der Waals surface area contributed by atoms with Gasteiger partial charge in [-0.2, -0.15) is 0 Å². The summed E-state index contributed by atoms with van der Waals surface area (Å²) in [5.41, 5.74) is 2.70. The zero-order chi connectivity index (χ0) is 26.5. The lowest BCUT2D eigenvalue weighted by atomic mass is 10.1. The van der Waals surface area contributed by atoms with Crippen molar-refractivity contribution in [3.63, 3.8) is 0 Å². The molecular formula is C30H28ClF2N3O2. The first-order valence-corrected chi connectivity index (χ1v) is 12.9. The molecule has 0 atom stereocenters. The summed E-state index contributed by atoms with van der Waals surface area (Å²) in [7, 11) is 0. The Labute approximate surface area is 225 Å². The minimum Gasteiger partial charge on any atom is -0.455 e. The van der Waals surface area contributed by atoms with Crippen LogP contribution in [-0.4, -0.2) is 41.9 Å². The van der Waals surface area contributed by atoms with E-state index in [2.05, 4.69) is 9.80 Å². The minimum atomic E-state index is -0.301. The van der Waals surface area contributed by atoms with Gasteiger partial charge in [0.1, 0.15) is 17.4 Å². The molecule has 1 aromatic heterocycles. The third-order valence-corrected chi connectivity index (χ3v) is 6.95. The van der Waals surface area contributed by atoms with Gasteiger partial charge in [-0.3, -0.25) is 9.69 Å². The highest BCUT2D eigenvalue weighted by Gasteiger charge is 2.25. The van der Waals surface area contributed by atoms with Crippen molar-refractivity contribution in [3.05, 3.63) is 124 Å². The lowest BCUT2D eigenvalue weighted by molar-refractivity contribution is 0.0710. The van der Waals surface area contributed by atoms with Crippen LogP contribution in [-0.2, 0) is 19.6 Å². The Kier molecular flexibility index (Phi) is 8.05. The average molecular weight is 536 g/mol. The maximum Gasteiger partial charge on any atom is 0.289 e. The molecule has 1 amide bonds. The van der Waals surface area contributed by atoms with Gasteiger partial charge in [0.15, 0.2) is 5.76 Å². The van der Waals surface area contributed by atoms with Crippen LogP contribution in [0.2, 0.25) is 5.02 Å². The van der Waals surface area contributed by atoms with Crippen molar-refractivity contribution in [3.8, 4) is 0 Å². The van der Waals surface area contributed by atoms with Gasteiger partial charge in [0.05, 0.1) is 17.3 Å². The van der Waals surface area contributed by atoms with E-state index in [-0.39, 0.29) is 17.5 Å². The summed E-state index contributed by atoms with van der Waals surface area (Å²) in [4.78, 5) is 19.2. The summed E-state index contributed by atoms with van der Waals surface area (Å²) < 4.78 is 33.2. The summed E-state index contributed by atoms with van der Waals surface area (Å²) in [5, 5.41) is 0.700. The fourth-order valence-electron chi connectivity index (χ4n) is 4.72. The summed E-state index contributed by atoms with van der Waals surface area (Å²) in [6.07, 6.45) is 0. The zero-order valence-electron chi connectivity index (χ0n) is 20.8. The molecule has 0 bridgehead atoms. The molecule has 8 heteroatoms. The monoisotopic (exact) mass is 535 g/mol. The number of amides is 1. The number of hydrogen-bond donors (Lipinski definition) is 0. The number of rotatable bonds is 8. The van der Waals surface area contributed by atoms with Crippen molar-refractivity contribution in [1.82, 2.24) is 9.80 Å². The number of carbonyl (C=O) groups is 1. The van der Waals surface area contributed by atoms with Gasteiger partial charge in [-0.05, 0) is 59.7 Å². The third-order valence-electron chi connectivity index (χ3n) is 6.63. The molecule has 5 nitrogen and oxygen atoms in total. The van der Waals surface area contributed by atoms with Crippen LogP contribution in [0.4, 0.5) is 14.5 Å². The van der Waals surface area contributed by atoms with Crippen LogP contribution in [0.1, 0.15) is 27.4 Å². The van der Waals surface area contributed by atoms with E-state index < -0.39 is 0 Å². The Morgan fingerprint density at radius 1 is 0.789 bits per heavy atom. The third kappa shape index (κ3) is 6.41. The Morgan fingerprint density at radius 2 is 1.53 bits per heavy atom. The Balaban J connectivity index is 1.24. The van der Waals surface area contributed by atoms with Gasteiger partial charge in [0.2, 0.25) is 0 Å². The van der Waals surface area contributed by atoms with E-state index in [1.54, 1.807) is 35.2 Å². The minimum absolute atomic E-state index is 0.148. The van der Waals surface area contributed by atoms with Crippen LogP contribution >= 0.6 is 11.6 Å². The number of furan rings is 1.